The highest BCUT2D eigenvalue weighted by molar-refractivity contribution is 6.32. The molecule has 0 amide bonds. The molecule has 0 aromatic carbocycles. The first kappa shape index (κ1) is 15.6. The summed E-state index contributed by atoms with van der Waals surface area (Å²) in [6.07, 6.45) is 1.57. The first-order valence-corrected chi connectivity index (χ1v) is 7.17. The molecule has 1 N–H and O–H groups in total. The predicted octanol–water partition coefficient (Wildman–Crippen LogP) is 3.26. The molecule has 0 spiro atoms. The molecule has 0 aliphatic rings. The van der Waals surface area contributed by atoms with Gasteiger partial charge in [0.05, 0.1) is 29.7 Å². The van der Waals surface area contributed by atoms with E-state index >= 15 is 0 Å². The molecule has 0 saturated carbocycles. The fourth-order valence-electron chi connectivity index (χ4n) is 2.33. The Morgan fingerprint density at radius 1 is 1.33 bits per heavy atom. The molecular formula is C14H19ClN4O2. The minimum atomic E-state index is -0.303. The second kappa shape index (κ2) is 5.89. The van der Waals surface area contributed by atoms with Crippen molar-refractivity contribution in [3.8, 4) is 0 Å². The van der Waals surface area contributed by atoms with Gasteiger partial charge in [-0.3, -0.25) is 4.79 Å². The van der Waals surface area contributed by atoms with Crippen LogP contribution in [-0.2, 0) is 0 Å². The number of anilines is 1. The van der Waals surface area contributed by atoms with Crippen LogP contribution in [0.4, 0.5) is 5.69 Å². The largest absolute Gasteiger partial charge is 0.376 e. The summed E-state index contributed by atoms with van der Waals surface area (Å²) in [5.74, 6) is 0.743. The summed E-state index contributed by atoms with van der Waals surface area (Å²) in [6, 6.07) is -0.131. The molecule has 114 valence electrons. The maximum atomic E-state index is 12.1. The van der Waals surface area contributed by atoms with E-state index in [4.69, 9.17) is 16.1 Å². The first-order chi connectivity index (χ1) is 9.82. The minimum absolute atomic E-state index is 0.0379. The summed E-state index contributed by atoms with van der Waals surface area (Å²) < 4.78 is 6.51. The summed E-state index contributed by atoms with van der Waals surface area (Å²) in [5, 5.41) is 11.4. The third-order valence-corrected chi connectivity index (χ3v) is 3.69. The second-order valence-corrected chi connectivity index (χ2v) is 5.70. The molecule has 2 heterocycles. The van der Waals surface area contributed by atoms with Crippen molar-refractivity contribution in [3.63, 3.8) is 0 Å². The molecule has 0 aliphatic carbocycles. The van der Waals surface area contributed by atoms with E-state index in [0.717, 1.165) is 17.0 Å². The zero-order chi connectivity index (χ0) is 15.7. The maximum absolute atomic E-state index is 12.1. The summed E-state index contributed by atoms with van der Waals surface area (Å²) in [5.41, 5.74) is 1.97. The topological polar surface area (TPSA) is 73.0 Å². The number of nitrogens with one attached hydrogen (secondary N) is 1. The summed E-state index contributed by atoms with van der Waals surface area (Å²) in [6.45, 7) is 9.44. The number of hydrogen-bond acceptors (Lipinski definition) is 5. The lowest BCUT2D eigenvalue weighted by Gasteiger charge is -2.17. The quantitative estimate of drug-likeness (QED) is 0.938. The summed E-state index contributed by atoms with van der Waals surface area (Å²) >= 11 is 6.15. The molecule has 2 aromatic rings. The van der Waals surface area contributed by atoms with Crippen LogP contribution in [0.5, 0.6) is 0 Å². The number of nitrogens with zero attached hydrogens (tertiary/aromatic N) is 3. The van der Waals surface area contributed by atoms with Gasteiger partial charge in [-0.05, 0) is 34.6 Å². The van der Waals surface area contributed by atoms with Gasteiger partial charge in [0.25, 0.3) is 5.56 Å². The van der Waals surface area contributed by atoms with E-state index in [1.54, 1.807) is 6.20 Å². The van der Waals surface area contributed by atoms with Crippen LogP contribution in [0.3, 0.4) is 0 Å². The fraction of sp³-hybridized carbons (Fsp3) is 0.500. The number of aromatic nitrogens is 3. The van der Waals surface area contributed by atoms with E-state index in [1.807, 2.05) is 34.6 Å². The fourth-order valence-corrected chi connectivity index (χ4v) is 2.52. The second-order valence-electron chi connectivity index (χ2n) is 5.32. The van der Waals surface area contributed by atoms with Crippen molar-refractivity contribution in [1.82, 2.24) is 14.9 Å². The molecular weight excluding hydrogens is 292 g/mol. The van der Waals surface area contributed by atoms with Crippen LogP contribution < -0.4 is 10.9 Å². The van der Waals surface area contributed by atoms with Crippen molar-refractivity contribution in [3.05, 3.63) is 38.6 Å². The van der Waals surface area contributed by atoms with Gasteiger partial charge in [-0.1, -0.05) is 16.8 Å². The zero-order valence-electron chi connectivity index (χ0n) is 12.8. The van der Waals surface area contributed by atoms with E-state index < -0.39 is 0 Å². The Balaban J connectivity index is 2.33. The Morgan fingerprint density at radius 3 is 2.52 bits per heavy atom. The van der Waals surface area contributed by atoms with Gasteiger partial charge < -0.3 is 9.84 Å². The zero-order valence-corrected chi connectivity index (χ0v) is 13.5. The molecule has 1 unspecified atom stereocenters. The Kier molecular flexibility index (Phi) is 4.37. The van der Waals surface area contributed by atoms with Crippen molar-refractivity contribution in [2.24, 2.45) is 0 Å². The van der Waals surface area contributed by atoms with Gasteiger partial charge in [0, 0.05) is 5.56 Å². The number of rotatable bonds is 4. The first-order valence-electron chi connectivity index (χ1n) is 6.79. The van der Waals surface area contributed by atoms with Gasteiger partial charge >= 0.3 is 0 Å². The third kappa shape index (κ3) is 2.95. The predicted molar refractivity (Wildman–Crippen MR) is 81.9 cm³/mol. The molecule has 0 aliphatic heterocycles. The van der Waals surface area contributed by atoms with E-state index in [2.05, 4.69) is 15.6 Å². The van der Waals surface area contributed by atoms with Crippen molar-refractivity contribution in [2.45, 2.75) is 46.7 Å². The Bertz CT molecular complexity index is 686. The Morgan fingerprint density at radius 2 is 2.00 bits per heavy atom. The third-order valence-electron chi connectivity index (χ3n) is 3.33. The molecule has 0 radical (unpaired) electrons. The van der Waals surface area contributed by atoms with Crippen LogP contribution in [0.2, 0.25) is 5.02 Å². The Labute approximate surface area is 128 Å². The number of hydrogen-bond donors (Lipinski definition) is 1. The van der Waals surface area contributed by atoms with Gasteiger partial charge in [-0.15, -0.1) is 0 Å². The van der Waals surface area contributed by atoms with Gasteiger partial charge in [0.2, 0.25) is 0 Å². The molecule has 1 atom stereocenters. The SMILES string of the molecule is Cc1noc(C)c1C(C)Nc1cnn(C(C)C)c(=O)c1Cl. The summed E-state index contributed by atoms with van der Waals surface area (Å²) in [7, 11) is 0. The maximum Gasteiger partial charge on any atom is 0.287 e. The number of halogens is 1. The van der Waals surface area contributed by atoms with Gasteiger partial charge in [-0.25, -0.2) is 4.68 Å². The monoisotopic (exact) mass is 310 g/mol. The van der Waals surface area contributed by atoms with Crippen molar-refractivity contribution in [1.29, 1.82) is 0 Å². The van der Waals surface area contributed by atoms with Gasteiger partial charge in [0.1, 0.15) is 10.8 Å². The smallest absolute Gasteiger partial charge is 0.287 e. The van der Waals surface area contributed by atoms with Gasteiger partial charge in [0.15, 0.2) is 0 Å². The van der Waals surface area contributed by atoms with Crippen LogP contribution in [0.15, 0.2) is 15.5 Å². The lowest BCUT2D eigenvalue weighted by atomic mass is 10.1. The van der Waals surface area contributed by atoms with Crippen molar-refractivity contribution < 1.29 is 4.52 Å². The lowest BCUT2D eigenvalue weighted by Crippen LogP contribution is -2.26. The molecule has 0 fully saturated rings. The molecule has 6 nitrogen and oxygen atoms in total. The van der Waals surface area contributed by atoms with E-state index in [0.29, 0.717) is 5.69 Å². The molecule has 21 heavy (non-hydrogen) atoms. The van der Waals surface area contributed by atoms with E-state index in [1.165, 1.54) is 4.68 Å². The highest BCUT2D eigenvalue weighted by Crippen LogP contribution is 2.27. The average Bonchev–Trinajstić information content (AvgIpc) is 2.74. The van der Waals surface area contributed by atoms with Gasteiger partial charge in [-0.2, -0.15) is 5.10 Å². The normalized spacial score (nSPS) is 12.7. The van der Waals surface area contributed by atoms with Crippen LogP contribution in [0, 0.1) is 13.8 Å². The molecule has 2 rings (SSSR count). The highest BCUT2D eigenvalue weighted by atomic mass is 35.5. The molecule has 7 heteroatoms. The van der Waals surface area contributed by atoms with E-state index in [-0.39, 0.29) is 22.7 Å². The van der Waals surface area contributed by atoms with Crippen LogP contribution in [0.25, 0.3) is 0 Å². The summed E-state index contributed by atoms with van der Waals surface area (Å²) in [4.78, 5) is 12.1. The van der Waals surface area contributed by atoms with Crippen LogP contribution in [0.1, 0.15) is 49.9 Å². The van der Waals surface area contributed by atoms with Crippen LogP contribution >= 0.6 is 11.6 Å². The highest BCUT2D eigenvalue weighted by Gasteiger charge is 2.19. The molecule has 0 saturated heterocycles. The minimum Gasteiger partial charge on any atom is -0.376 e. The average molecular weight is 311 g/mol. The standard InChI is InChI=1S/C14H19ClN4O2/c1-7(2)19-14(20)13(15)11(6-16-19)17-8(3)12-9(4)18-21-10(12)5/h6-8,17H,1-5H3. The molecule has 0 bridgehead atoms. The van der Waals surface area contributed by atoms with Crippen molar-refractivity contribution >= 4 is 17.3 Å². The van der Waals surface area contributed by atoms with Crippen molar-refractivity contribution in [2.75, 3.05) is 5.32 Å². The van der Waals surface area contributed by atoms with E-state index in [9.17, 15) is 4.79 Å². The molecule has 2 aromatic heterocycles. The lowest BCUT2D eigenvalue weighted by molar-refractivity contribution is 0.392. The van der Waals surface area contributed by atoms with Crippen LogP contribution in [-0.4, -0.2) is 14.9 Å². The number of aryl methyl sites for hydroxylation is 2. The Hall–Kier alpha value is -1.82.